The molecule has 2 aliphatic rings. The van der Waals surface area contributed by atoms with E-state index in [1.165, 1.54) is 19.3 Å². The van der Waals surface area contributed by atoms with Gasteiger partial charge < -0.3 is 14.7 Å². The molecule has 0 spiro atoms. The first-order valence-electron chi connectivity index (χ1n) is 9.39. The van der Waals surface area contributed by atoms with Crippen LogP contribution in [0.15, 0.2) is 4.99 Å². The van der Waals surface area contributed by atoms with Gasteiger partial charge in [0.1, 0.15) is 0 Å². The zero-order valence-electron chi connectivity index (χ0n) is 16.0. The minimum atomic E-state index is 0.303. The molecule has 6 heteroatoms. The molecule has 6 nitrogen and oxygen atoms in total. The molecule has 2 rings (SSSR count). The first-order valence-corrected chi connectivity index (χ1v) is 9.39. The number of rotatable bonds is 4. The van der Waals surface area contributed by atoms with Crippen LogP contribution in [-0.4, -0.2) is 98.9 Å². The highest BCUT2D eigenvalue weighted by Gasteiger charge is 2.28. The van der Waals surface area contributed by atoms with E-state index in [-0.39, 0.29) is 0 Å². The van der Waals surface area contributed by atoms with E-state index in [0.29, 0.717) is 11.8 Å². The number of carbonyl (C=O) groups is 1. The number of nitrogens with zero attached hydrogens (tertiary/aromatic N) is 5. The molecular formula is C18H35N5O. The average molecular weight is 338 g/mol. The third-order valence-electron chi connectivity index (χ3n) is 5.11. The van der Waals surface area contributed by atoms with Crippen LogP contribution in [0.3, 0.4) is 0 Å². The maximum atomic E-state index is 12.6. The number of carbonyl (C=O) groups excluding carboxylic acids is 1. The van der Waals surface area contributed by atoms with Gasteiger partial charge in [0.15, 0.2) is 5.96 Å². The minimum absolute atomic E-state index is 0.303. The molecule has 138 valence electrons. The summed E-state index contributed by atoms with van der Waals surface area (Å²) in [5, 5.41) is 0. The van der Waals surface area contributed by atoms with Crippen LogP contribution in [0.25, 0.3) is 0 Å². The van der Waals surface area contributed by atoms with Crippen molar-refractivity contribution in [1.82, 2.24) is 19.6 Å². The van der Waals surface area contributed by atoms with Crippen LogP contribution in [0.4, 0.5) is 0 Å². The monoisotopic (exact) mass is 337 g/mol. The maximum Gasteiger partial charge on any atom is 0.225 e. The Morgan fingerprint density at radius 2 is 1.54 bits per heavy atom. The van der Waals surface area contributed by atoms with Crippen LogP contribution in [0.1, 0.15) is 32.1 Å². The molecule has 0 bridgehead atoms. The van der Waals surface area contributed by atoms with E-state index >= 15 is 0 Å². The van der Waals surface area contributed by atoms with Gasteiger partial charge >= 0.3 is 0 Å². The highest BCUT2D eigenvalue weighted by molar-refractivity contribution is 5.79. The molecule has 1 amide bonds. The predicted molar refractivity (Wildman–Crippen MR) is 99.3 cm³/mol. The van der Waals surface area contributed by atoms with E-state index < -0.39 is 0 Å². The topological polar surface area (TPSA) is 42.4 Å². The fourth-order valence-corrected chi connectivity index (χ4v) is 3.77. The molecule has 1 aliphatic heterocycles. The third kappa shape index (κ3) is 5.36. The Morgan fingerprint density at radius 3 is 2.08 bits per heavy atom. The van der Waals surface area contributed by atoms with Crippen molar-refractivity contribution in [3.05, 3.63) is 0 Å². The van der Waals surface area contributed by atoms with Crippen molar-refractivity contribution in [1.29, 1.82) is 0 Å². The molecule has 0 aromatic heterocycles. The van der Waals surface area contributed by atoms with Crippen molar-refractivity contribution in [2.45, 2.75) is 32.1 Å². The maximum absolute atomic E-state index is 12.6. The summed E-state index contributed by atoms with van der Waals surface area (Å²) in [6.07, 6.45) is 5.97. The smallest absolute Gasteiger partial charge is 0.225 e. The lowest BCUT2D eigenvalue weighted by Gasteiger charge is -2.37. The van der Waals surface area contributed by atoms with Gasteiger partial charge in [-0.15, -0.1) is 0 Å². The van der Waals surface area contributed by atoms with E-state index in [1.54, 1.807) is 0 Å². The molecule has 0 unspecified atom stereocenters. The lowest BCUT2D eigenvalue weighted by molar-refractivity contribution is -0.138. The fraction of sp³-hybridized carbons (Fsp3) is 0.889. The summed E-state index contributed by atoms with van der Waals surface area (Å²) in [6, 6.07) is 0. The number of guanidine groups is 1. The molecular weight excluding hydrogens is 302 g/mol. The molecule has 1 aliphatic carbocycles. The van der Waals surface area contributed by atoms with Gasteiger partial charge in [0.2, 0.25) is 5.91 Å². The summed E-state index contributed by atoms with van der Waals surface area (Å²) in [5.41, 5.74) is 0. The summed E-state index contributed by atoms with van der Waals surface area (Å²) in [5.74, 6) is 1.72. The molecule has 24 heavy (non-hydrogen) atoms. The first-order chi connectivity index (χ1) is 11.5. The molecule has 0 N–H and O–H groups in total. The molecule has 0 aromatic carbocycles. The second kappa shape index (κ2) is 9.25. The van der Waals surface area contributed by atoms with Gasteiger partial charge in [-0.25, -0.2) is 0 Å². The van der Waals surface area contributed by atoms with Gasteiger partial charge in [0.25, 0.3) is 0 Å². The number of piperazine rings is 1. The second-order valence-electron chi connectivity index (χ2n) is 7.47. The quantitative estimate of drug-likeness (QED) is 0.571. The number of hydrogen-bond acceptors (Lipinski definition) is 3. The number of aliphatic imine (C=N–C) groups is 1. The van der Waals surface area contributed by atoms with Gasteiger partial charge in [0, 0.05) is 66.8 Å². The lowest BCUT2D eigenvalue weighted by atomic mass is 9.88. The van der Waals surface area contributed by atoms with E-state index in [9.17, 15) is 4.79 Å². The lowest BCUT2D eigenvalue weighted by Crippen LogP contribution is -2.51. The Kier molecular flexibility index (Phi) is 7.34. The largest absolute Gasteiger partial charge is 0.349 e. The van der Waals surface area contributed by atoms with Crippen LogP contribution in [-0.2, 0) is 4.79 Å². The van der Waals surface area contributed by atoms with Crippen LogP contribution in [0, 0.1) is 5.92 Å². The van der Waals surface area contributed by atoms with Gasteiger partial charge in [0.05, 0.1) is 6.54 Å². The molecule has 0 atom stereocenters. The van der Waals surface area contributed by atoms with E-state index in [4.69, 9.17) is 4.99 Å². The average Bonchev–Trinajstić information content (AvgIpc) is 2.58. The highest BCUT2D eigenvalue weighted by atomic mass is 16.2. The zero-order valence-corrected chi connectivity index (χ0v) is 16.0. The summed E-state index contributed by atoms with van der Waals surface area (Å²) >= 11 is 0. The van der Waals surface area contributed by atoms with Gasteiger partial charge in [-0.05, 0) is 12.8 Å². The summed E-state index contributed by atoms with van der Waals surface area (Å²) in [7, 11) is 8.09. The first kappa shape index (κ1) is 19.0. The highest BCUT2D eigenvalue weighted by Crippen LogP contribution is 2.25. The summed E-state index contributed by atoms with van der Waals surface area (Å²) in [4.78, 5) is 25.9. The second-order valence-corrected chi connectivity index (χ2v) is 7.47. The standard InChI is InChI=1S/C18H35N5O/c1-20(2)18(21(3)4)19-10-11-22-12-14-23(15-13-22)17(24)16-8-6-5-7-9-16/h16H,5-15H2,1-4H3. The van der Waals surface area contributed by atoms with E-state index in [2.05, 4.69) is 9.80 Å². The number of amides is 1. The Balaban J connectivity index is 1.72. The summed E-state index contributed by atoms with van der Waals surface area (Å²) in [6.45, 7) is 5.50. The number of hydrogen-bond donors (Lipinski definition) is 0. The predicted octanol–water partition coefficient (Wildman–Crippen LogP) is 1.19. The van der Waals surface area contributed by atoms with E-state index in [0.717, 1.165) is 58.1 Å². The third-order valence-corrected chi connectivity index (χ3v) is 5.11. The van der Waals surface area contributed by atoms with Crippen LogP contribution in [0.5, 0.6) is 0 Å². The Labute approximate surface area is 147 Å². The Hall–Kier alpha value is -1.30. The van der Waals surface area contributed by atoms with Crippen molar-refractivity contribution in [2.75, 3.05) is 67.5 Å². The van der Waals surface area contributed by atoms with Crippen molar-refractivity contribution in [3.63, 3.8) is 0 Å². The molecule has 1 saturated carbocycles. The van der Waals surface area contributed by atoms with Crippen molar-refractivity contribution < 1.29 is 4.79 Å². The Bertz CT molecular complexity index is 411. The Morgan fingerprint density at radius 1 is 0.958 bits per heavy atom. The molecule has 2 fully saturated rings. The van der Waals surface area contributed by atoms with E-state index in [1.807, 2.05) is 38.0 Å². The minimum Gasteiger partial charge on any atom is -0.349 e. The van der Waals surface area contributed by atoms with Crippen molar-refractivity contribution in [2.24, 2.45) is 10.9 Å². The van der Waals surface area contributed by atoms with Crippen molar-refractivity contribution >= 4 is 11.9 Å². The molecule has 1 saturated heterocycles. The van der Waals surface area contributed by atoms with Crippen LogP contribution < -0.4 is 0 Å². The van der Waals surface area contributed by atoms with Gasteiger partial charge in [-0.3, -0.25) is 14.7 Å². The van der Waals surface area contributed by atoms with Gasteiger partial charge in [-0.1, -0.05) is 19.3 Å². The normalized spacial score (nSPS) is 19.9. The van der Waals surface area contributed by atoms with Gasteiger partial charge in [-0.2, -0.15) is 0 Å². The van der Waals surface area contributed by atoms with Crippen LogP contribution >= 0.6 is 0 Å². The fourth-order valence-electron chi connectivity index (χ4n) is 3.77. The molecule has 1 heterocycles. The van der Waals surface area contributed by atoms with Crippen LogP contribution in [0.2, 0.25) is 0 Å². The van der Waals surface area contributed by atoms with Crippen molar-refractivity contribution in [3.8, 4) is 0 Å². The zero-order chi connectivity index (χ0) is 17.5. The SMILES string of the molecule is CN(C)C(=NCCN1CCN(C(=O)C2CCCCC2)CC1)N(C)C. The summed E-state index contributed by atoms with van der Waals surface area (Å²) < 4.78 is 0. The molecule has 0 aromatic rings. The molecule has 0 radical (unpaired) electrons.